The summed E-state index contributed by atoms with van der Waals surface area (Å²) in [5, 5.41) is 18.2. The van der Waals surface area contributed by atoms with E-state index in [1.807, 2.05) is 6.20 Å². The Hall–Kier alpha value is -2.15. The number of rotatable bonds is 2. The van der Waals surface area contributed by atoms with Gasteiger partial charge in [-0.2, -0.15) is 5.10 Å². The van der Waals surface area contributed by atoms with Crippen molar-refractivity contribution in [3.8, 4) is 0 Å². The number of aromatic amines is 1. The minimum atomic E-state index is -0.216. The van der Waals surface area contributed by atoms with Crippen LogP contribution in [0.1, 0.15) is 45.4 Å². The molecule has 138 valence electrons. The van der Waals surface area contributed by atoms with Gasteiger partial charge < -0.3 is 14.9 Å². The molecule has 5 heterocycles. The second kappa shape index (κ2) is 5.94. The van der Waals surface area contributed by atoms with Crippen LogP contribution < -0.4 is 9.80 Å². The molecule has 0 spiro atoms. The third kappa shape index (κ3) is 2.48. The van der Waals surface area contributed by atoms with E-state index in [1.165, 1.54) is 0 Å². The SMILES string of the molecule is C[C@@H]1CC(O)CCN1c1cc(N2C3CCC2CC(=O)C3)nc2[nH]ncc12. The van der Waals surface area contributed by atoms with Gasteiger partial charge >= 0.3 is 0 Å². The number of hydrogen-bond donors (Lipinski definition) is 2. The Morgan fingerprint density at radius 2 is 2.00 bits per heavy atom. The summed E-state index contributed by atoms with van der Waals surface area (Å²) in [6, 6.07) is 3.00. The molecule has 2 bridgehead atoms. The Kier molecular flexibility index (Phi) is 3.67. The van der Waals surface area contributed by atoms with E-state index in [4.69, 9.17) is 4.98 Å². The highest BCUT2D eigenvalue weighted by atomic mass is 16.3. The number of carbonyl (C=O) groups is 1. The molecule has 26 heavy (non-hydrogen) atoms. The zero-order chi connectivity index (χ0) is 17.8. The highest BCUT2D eigenvalue weighted by Gasteiger charge is 2.41. The number of fused-ring (bicyclic) bond motifs is 3. The minimum Gasteiger partial charge on any atom is -0.393 e. The standard InChI is InChI=1S/C19H25N5O2/c1-11-6-14(25)4-5-23(11)17-9-18(21-19-16(17)10-20-22-19)24-12-2-3-13(24)8-15(26)7-12/h9-14,25H,2-8H2,1H3,(H,20,21,22)/t11-,12?,13?,14?/m1/s1. The second-order valence-electron chi connectivity index (χ2n) is 8.09. The lowest BCUT2D eigenvalue weighted by molar-refractivity contribution is -0.120. The summed E-state index contributed by atoms with van der Waals surface area (Å²) in [5.74, 6) is 1.34. The molecule has 3 unspecified atom stereocenters. The van der Waals surface area contributed by atoms with Gasteiger partial charge in [0, 0.05) is 43.6 Å². The molecule has 7 nitrogen and oxygen atoms in total. The molecular formula is C19H25N5O2. The van der Waals surface area contributed by atoms with Crippen molar-refractivity contribution in [2.45, 2.75) is 69.7 Å². The monoisotopic (exact) mass is 355 g/mol. The quantitative estimate of drug-likeness (QED) is 0.857. The van der Waals surface area contributed by atoms with E-state index in [-0.39, 0.29) is 24.2 Å². The van der Waals surface area contributed by atoms with Crippen LogP contribution >= 0.6 is 0 Å². The van der Waals surface area contributed by atoms with Crippen molar-refractivity contribution in [2.24, 2.45) is 0 Å². The number of anilines is 2. The number of carbonyl (C=O) groups excluding carboxylic acids is 1. The summed E-state index contributed by atoms with van der Waals surface area (Å²) in [6.45, 7) is 3.00. The summed E-state index contributed by atoms with van der Waals surface area (Å²) in [5.41, 5.74) is 1.93. The lowest BCUT2D eigenvalue weighted by atomic mass is 9.99. The molecule has 5 rings (SSSR count). The normalized spacial score (nSPS) is 31.8. The van der Waals surface area contributed by atoms with Crippen molar-refractivity contribution in [1.29, 1.82) is 0 Å². The molecule has 7 heteroatoms. The first-order chi connectivity index (χ1) is 12.6. The van der Waals surface area contributed by atoms with Gasteiger partial charge in [-0.1, -0.05) is 0 Å². The van der Waals surface area contributed by atoms with Crippen LogP contribution in [-0.2, 0) is 4.79 Å². The molecule has 3 saturated heterocycles. The molecule has 2 aromatic heterocycles. The van der Waals surface area contributed by atoms with E-state index in [0.717, 1.165) is 54.8 Å². The number of aliphatic hydroxyl groups excluding tert-OH is 1. The zero-order valence-electron chi connectivity index (χ0n) is 15.1. The van der Waals surface area contributed by atoms with Crippen molar-refractivity contribution in [3.05, 3.63) is 12.3 Å². The van der Waals surface area contributed by atoms with Crippen LogP contribution in [0.2, 0.25) is 0 Å². The van der Waals surface area contributed by atoms with Gasteiger partial charge in [0.25, 0.3) is 0 Å². The molecule has 0 saturated carbocycles. The predicted octanol–water partition coefficient (Wildman–Crippen LogP) is 2.01. The number of Topliss-reactive ketones (excluding diaryl/α,β-unsaturated/α-hetero) is 1. The first-order valence-electron chi connectivity index (χ1n) is 9.69. The Balaban J connectivity index is 1.57. The van der Waals surface area contributed by atoms with Crippen LogP contribution in [0, 0.1) is 0 Å². The molecule has 2 aromatic rings. The fraction of sp³-hybridized carbons (Fsp3) is 0.632. The summed E-state index contributed by atoms with van der Waals surface area (Å²) in [6.07, 6.45) is 6.61. The fourth-order valence-electron chi connectivity index (χ4n) is 5.12. The molecule has 2 N–H and O–H groups in total. The molecule has 4 atom stereocenters. The van der Waals surface area contributed by atoms with E-state index < -0.39 is 0 Å². The Bertz CT molecular complexity index is 834. The number of nitrogens with one attached hydrogen (secondary N) is 1. The molecule has 0 aliphatic carbocycles. The average Bonchev–Trinajstić information content (AvgIpc) is 3.17. The van der Waals surface area contributed by atoms with E-state index in [0.29, 0.717) is 18.6 Å². The molecule has 3 fully saturated rings. The predicted molar refractivity (Wildman–Crippen MR) is 99.5 cm³/mol. The smallest absolute Gasteiger partial charge is 0.159 e. The van der Waals surface area contributed by atoms with Crippen LogP contribution in [0.5, 0.6) is 0 Å². The number of ketones is 1. The minimum absolute atomic E-state index is 0.216. The summed E-state index contributed by atoms with van der Waals surface area (Å²) in [4.78, 5) is 21.5. The third-order valence-corrected chi connectivity index (χ3v) is 6.36. The van der Waals surface area contributed by atoms with Gasteiger partial charge in [0.05, 0.1) is 23.4 Å². The summed E-state index contributed by atoms with van der Waals surface area (Å²) < 4.78 is 0. The van der Waals surface area contributed by atoms with Crippen molar-refractivity contribution in [2.75, 3.05) is 16.3 Å². The maximum atomic E-state index is 12.0. The highest BCUT2D eigenvalue weighted by molar-refractivity contribution is 5.92. The van der Waals surface area contributed by atoms with Gasteiger partial charge in [-0.25, -0.2) is 4.98 Å². The number of nitrogens with zero attached hydrogens (tertiary/aromatic N) is 4. The largest absolute Gasteiger partial charge is 0.393 e. The number of hydrogen-bond acceptors (Lipinski definition) is 6. The lowest BCUT2D eigenvalue weighted by Gasteiger charge is -2.39. The summed E-state index contributed by atoms with van der Waals surface area (Å²) >= 11 is 0. The maximum absolute atomic E-state index is 12.0. The topological polar surface area (TPSA) is 85.4 Å². The van der Waals surface area contributed by atoms with Crippen molar-refractivity contribution in [1.82, 2.24) is 15.2 Å². The highest BCUT2D eigenvalue weighted by Crippen LogP contribution is 2.40. The molecule has 3 aliphatic rings. The van der Waals surface area contributed by atoms with Crippen LogP contribution in [0.3, 0.4) is 0 Å². The Morgan fingerprint density at radius 3 is 2.73 bits per heavy atom. The molecule has 0 radical (unpaired) electrons. The maximum Gasteiger partial charge on any atom is 0.159 e. The van der Waals surface area contributed by atoms with E-state index in [9.17, 15) is 9.90 Å². The van der Waals surface area contributed by atoms with Crippen LogP contribution in [0.25, 0.3) is 11.0 Å². The second-order valence-corrected chi connectivity index (χ2v) is 8.09. The molecule has 3 aliphatic heterocycles. The third-order valence-electron chi connectivity index (χ3n) is 6.36. The van der Waals surface area contributed by atoms with Gasteiger partial charge in [0.15, 0.2) is 5.65 Å². The molecule has 0 amide bonds. The fourth-order valence-corrected chi connectivity index (χ4v) is 5.12. The first-order valence-corrected chi connectivity index (χ1v) is 9.69. The zero-order valence-corrected chi connectivity index (χ0v) is 15.1. The molecule has 0 aromatic carbocycles. The van der Waals surface area contributed by atoms with Crippen LogP contribution in [0.15, 0.2) is 12.3 Å². The van der Waals surface area contributed by atoms with Gasteiger partial charge in [-0.3, -0.25) is 9.89 Å². The number of pyridine rings is 1. The van der Waals surface area contributed by atoms with Crippen molar-refractivity contribution >= 4 is 28.3 Å². The Morgan fingerprint density at radius 1 is 1.23 bits per heavy atom. The molecular weight excluding hydrogens is 330 g/mol. The van der Waals surface area contributed by atoms with Crippen molar-refractivity contribution < 1.29 is 9.90 Å². The lowest BCUT2D eigenvalue weighted by Crippen LogP contribution is -2.44. The van der Waals surface area contributed by atoms with Crippen molar-refractivity contribution in [3.63, 3.8) is 0 Å². The van der Waals surface area contributed by atoms with E-state index in [2.05, 4.69) is 33.0 Å². The van der Waals surface area contributed by atoms with Crippen LogP contribution in [0.4, 0.5) is 11.5 Å². The van der Waals surface area contributed by atoms with E-state index in [1.54, 1.807) is 0 Å². The number of aliphatic hydroxyl groups is 1. The van der Waals surface area contributed by atoms with Gasteiger partial charge in [-0.05, 0) is 32.6 Å². The average molecular weight is 355 g/mol. The van der Waals surface area contributed by atoms with Gasteiger partial charge in [-0.15, -0.1) is 0 Å². The van der Waals surface area contributed by atoms with E-state index >= 15 is 0 Å². The number of H-pyrrole nitrogens is 1. The Labute approximate surface area is 152 Å². The summed E-state index contributed by atoms with van der Waals surface area (Å²) in [7, 11) is 0. The number of piperidine rings is 2. The first kappa shape index (κ1) is 16.1. The van der Waals surface area contributed by atoms with Crippen LogP contribution in [-0.4, -0.2) is 56.8 Å². The van der Waals surface area contributed by atoms with Gasteiger partial charge in [0.1, 0.15) is 11.6 Å². The van der Waals surface area contributed by atoms with Gasteiger partial charge in [0.2, 0.25) is 0 Å². The number of aromatic nitrogens is 3.